The number of nitrogens with one attached hydrogen (secondary N) is 1. The minimum Gasteiger partial charge on any atom is -0.480 e. The van der Waals surface area contributed by atoms with Crippen molar-refractivity contribution in [1.29, 1.82) is 5.26 Å². The number of nitrogens with zero attached hydrogens (tertiary/aromatic N) is 2. The molecule has 1 atom stereocenters. The van der Waals surface area contributed by atoms with Gasteiger partial charge in [0.05, 0.1) is 16.9 Å². The molecule has 0 amide bonds. The lowest BCUT2D eigenvalue weighted by atomic mass is 10.0. The lowest BCUT2D eigenvalue weighted by Gasteiger charge is -2.20. The second-order valence-corrected chi connectivity index (χ2v) is 4.59. The number of carbonyl (C=O) groups is 1. The number of hydrogen-bond acceptors (Lipinski definition) is 4. The van der Waals surface area contributed by atoms with Crippen LogP contribution in [0, 0.1) is 31.1 Å². The maximum absolute atomic E-state index is 11.2. The number of carboxylic acid groups (broad SMARTS) is 1. The number of rotatable bonds is 4. The number of pyridine rings is 1. The molecule has 0 aliphatic rings. The summed E-state index contributed by atoms with van der Waals surface area (Å²) in [6.07, 6.45) is 0. The number of aromatic nitrogens is 1. The highest BCUT2D eigenvalue weighted by Gasteiger charge is 2.22. The first-order valence-corrected chi connectivity index (χ1v) is 5.74. The summed E-state index contributed by atoms with van der Waals surface area (Å²) < 4.78 is 0. The molecule has 1 aromatic heterocycles. The molecule has 0 saturated heterocycles. The molecule has 1 unspecified atom stereocenters. The van der Waals surface area contributed by atoms with Crippen molar-refractivity contribution in [2.75, 3.05) is 5.32 Å². The van der Waals surface area contributed by atoms with Crippen molar-refractivity contribution in [3.8, 4) is 6.07 Å². The maximum Gasteiger partial charge on any atom is 0.326 e. The number of aliphatic carboxylic acids is 1. The highest BCUT2D eigenvalue weighted by molar-refractivity contribution is 5.78. The molecule has 0 fully saturated rings. The number of hydrogen-bond donors (Lipinski definition) is 2. The van der Waals surface area contributed by atoms with Crippen molar-refractivity contribution in [3.63, 3.8) is 0 Å². The Balaban J connectivity index is 3.18. The smallest absolute Gasteiger partial charge is 0.326 e. The molecule has 2 N–H and O–H groups in total. The summed E-state index contributed by atoms with van der Waals surface area (Å²) in [6.45, 7) is 7.18. The van der Waals surface area contributed by atoms with Crippen molar-refractivity contribution >= 4 is 11.7 Å². The van der Waals surface area contributed by atoms with Crippen molar-refractivity contribution in [3.05, 3.63) is 23.0 Å². The van der Waals surface area contributed by atoms with E-state index in [-0.39, 0.29) is 5.92 Å². The van der Waals surface area contributed by atoms with E-state index in [2.05, 4.69) is 16.4 Å². The van der Waals surface area contributed by atoms with Gasteiger partial charge >= 0.3 is 5.97 Å². The average molecular weight is 247 g/mol. The Labute approximate surface area is 106 Å². The molecular weight excluding hydrogens is 230 g/mol. The van der Waals surface area contributed by atoms with Crippen LogP contribution in [0.15, 0.2) is 6.07 Å². The van der Waals surface area contributed by atoms with E-state index < -0.39 is 12.0 Å². The summed E-state index contributed by atoms with van der Waals surface area (Å²) in [5.74, 6) is -1.01. The largest absolute Gasteiger partial charge is 0.480 e. The zero-order valence-corrected chi connectivity index (χ0v) is 11.0. The molecule has 0 aliphatic carbocycles. The summed E-state index contributed by atoms with van der Waals surface area (Å²) >= 11 is 0. The quantitative estimate of drug-likeness (QED) is 0.850. The molecule has 0 bridgehead atoms. The molecule has 5 nitrogen and oxygen atoms in total. The Kier molecular flexibility index (Phi) is 4.27. The zero-order valence-electron chi connectivity index (χ0n) is 11.0. The first-order valence-electron chi connectivity index (χ1n) is 5.74. The van der Waals surface area contributed by atoms with Crippen LogP contribution in [0.2, 0.25) is 0 Å². The van der Waals surface area contributed by atoms with Gasteiger partial charge in [0.25, 0.3) is 0 Å². The predicted molar refractivity (Wildman–Crippen MR) is 68.3 cm³/mol. The van der Waals surface area contributed by atoms with E-state index in [9.17, 15) is 4.79 Å². The Morgan fingerprint density at radius 1 is 1.50 bits per heavy atom. The van der Waals surface area contributed by atoms with E-state index in [1.807, 2.05) is 20.8 Å². The van der Waals surface area contributed by atoms with Crippen LogP contribution in [0.4, 0.5) is 5.69 Å². The van der Waals surface area contributed by atoms with Gasteiger partial charge in [0.15, 0.2) is 0 Å². The molecule has 1 rings (SSSR count). The molecule has 18 heavy (non-hydrogen) atoms. The van der Waals surface area contributed by atoms with Crippen LogP contribution in [-0.2, 0) is 4.79 Å². The average Bonchev–Trinajstić information content (AvgIpc) is 2.24. The highest BCUT2D eigenvalue weighted by Crippen LogP contribution is 2.21. The summed E-state index contributed by atoms with van der Waals surface area (Å²) in [6, 6.07) is 3.03. The number of anilines is 1. The van der Waals surface area contributed by atoms with Gasteiger partial charge in [0.2, 0.25) is 0 Å². The van der Waals surface area contributed by atoms with Gasteiger partial charge in [-0.15, -0.1) is 0 Å². The number of carboxylic acids is 1. The monoisotopic (exact) mass is 247 g/mol. The van der Waals surface area contributed by atoms with Gasteiger partial charge in [-0.2, -0.15) is 5.26 Å². The van der Waals surface area contributed by atoms with Crippen LogP contribution in [0.25, 0.3) is 0 Å². The van der Waals surface area contributed by atoms with Gasteiger partial charge in [0, 0.05) is 5.69 Å². The van der Waals surface area contributed by atoms with Crippen LogP contribution < -0.4 is 5.32 Å². The number of nitriles is 1. The first-order chi connectivity index (χ1) is 8.36. The zero-order chi connectivity index (χ0) is 13.9. The molecule has 5 heteroatoms. The first kappa shape index (κ1) is 14.0. The lowest BCUT2D eigenvalue weighted by Crippen LogP contribution is -2.34. The van der Waals surface area contributed by atoms with Crippen molar-refractivity contribution < 1.29 is 9.90 Å². The third-order valence-corrected chi connectivity index (χ3v) is 2.68. The standard InChI is InChI=1S/C13H17N3O2/c1-7(2)12(13(17)18)16-11-5-8(3)15-9(4)10(11)6-14/h5,7,12H,1-4H3,(H,15,16)(H,17,18). The second kappa shape index (κ2) is 5.50. The second-order valence-electron chi connectivity index (χ2n) is 4.59. The molecule has 0 saturated carbocycles. The topological polar surface area (TPSA) is 86.0 Å². The minimum absolute atomic E-state index is 0.0807. The van der Waals surface area contributed by atoms with Crippen LogP contribution in [-0.4, -0.2) is 22.1 Å². The fourth-order valence-corrected chi connectivity index (χ4v) is 1.76. The highest BCUT2D eigenvalue weighted by atomic mass is 16.4. The Hall–Kier alpha value is -2.09. The van der Waals surface area contributed by atoms with E-state index in [0.29, 0.717) is 16.9 Å². The van der Waals surface area contributed by atoms with Crippen LogP contribution in [0.5, 0.6) is 0 Å². The van der Waals surface area contributed by atoms with Crippen LogP contribution in [0.1, 0.15) is 30.8 Å². The van der Waals surface area contributed by atoms with E-state index in [1.54, 1.807) is 13.0 Å². The number of aryl methyl sites for hydroxylation is 2. The fourth-order valence-electron chi connectivity index (χ4n) is 1.76. The normalized spacial score (nSPS) is 12.0. The van der Waals surface area contributed by atoms with E-state index in [1.165, 1.54) is 0 Å². The summed E-state index contributed by atoms with van der Waals surface area (Å²) in [5, 5.41) is 21.2. The van der Waals surface area contributed by atoms with Gasteiger partial charge < -0.3 is 10.4 Å². The van der Waals surface area contributed by atoms with Gasteiger partial charge in [0.1, 0.15) is 12.1 Å². The summed E-state index contributed by atoms with van der Waals surface area (Å²) in [4.78, 5) is 15.3. The van der Waals surface area contributed by atoms with E-state index >= 15 is 0 Å². The third-order valence-electron chi connectivity index (χ3n) is 2.68. The molecule has 0 radical (unpaired) electrons. The van der Waals surface area contributed by atoms with E-state index in [0.717, 1.165) is 5.69 Å². The Bertz CT molecular complexity index is 504. The molecular formula is C13H17N3O2. The molecule has 96 valence electrons. The molecule has 1 heterocycles. The molecule has 0 aliphatic heterocycles. The van der Waals surface area contributed by atoms with Crippen molar-refractivity contribution in [2.24, 2.45) is 5.92 Å². The molecule has 1 aromatic rings. The van der Waals surface area contributed by atoms with Gasteiger partial charge in [-0.1, -0.05) is 13.8 Å². The van der Waals surface area contributed by atoms with Gasteiger partial charge in [-0.3, -0.25) is 4.98 Å². The Morgan fingerprint density at radius 2 is 2.11 bits per heavy atom. The van der Waals surface area contributed by atoms with E-state index in [4.69, 9.17) is 10.4 Å². The SMILES string of the molecule is Cc1cc(NC(C(=O)O)C(C)C)c(C#N)c(C)n1. The van der Waals surface area contributed by atoms with Crippen molar-refractivity contribution in [1.82, 2.24) is 4.98 Å². The van der Waals surface area contributed by atoms with Crippen molar-refractivity contribution in [2.45, 2.75) is 33.7 Å². The molecule has 0 spiro atoms. The van der Waals surface area contributed by atoms with Gasteiger partial charge in [-0.05, 0) is 25.8 Å². The summed E-state index contributed by atoms with van der Waals surface area (Å²) in [7, 11) is 0. The summed E-state index contributed by atoms with van der Waals surface area (Å²) in [5.41, 5.74) is 2.28. The minimum atomic E-state index is -0.930. The fraction of sp³-hybridized carbons (Fsp3) is 0.462. The van der Waals surface area contributed by atoms with Gasteiger partial charge in [-0.25, -0.2) is 4.79 Å². The lowest BCUT2D eigenvalue weighted by molar-refractivity contribution is -0.138. The predicted octanol–water partition coefficient (Wildman–Crippen LogP) is 2.09. The maximum atomic E-state index is 11.2. The van der Waals surface area contributed by atoms with Crippen LogP contribution in [0.3, 0.4) is 0 Å². The Morgan fingerprint density at radius 3 is 2.56 bits per heavy atom. The van der Waals surface area contributed by atoms with Crippen LogP contribution >= 0.6 is 0 Å². The molecule has 0 aromatic carbocycles. The third kappa shape index (κ3) is 2.98.